The first-order valence-corrected chi connectivity index (χ1v) is 10.3. The standard InChI is InChI=1S/C22H29N5O/c1-17-7-6-8-20(18(17)2)25-13-15-27(16-14-25)22(28)19-9-10-21(24-23-19)26-11-4-3-5-12-26/h6-10H,3-5,11-16H2,1-2H3. The number of amides is 1. The molecular weight excluding hydrogens is 350 g/mol. The lowest BCUT2D eigenvalue weighted by Gasteiger charge is -2.37. The highest BCUT2D eigenvalue weighted by atomic mass is 16.2. The number of anilines is 2. The molecule has 148 valence electrons. The van der Waals surface area contributed by atoms with Crippen molar-refractivity contribution in [3.8, 4) is 0 Å². The molecule has 6 nitrogen and oxygen atoms in total. The maximum Gasteiger partial charge on any atom is 0.274 e. The van der Waals surface area contributed by atoms with Crippen molar-refractivity contribution in [3.63, 3.8) is 0 Å². The third-order valence-electron chi connectivity index (χ3n) is 6.03. The molecule has 2 saturated heterocycles. The van der Waals surface area contributed by atoms with Gasteiger partial charge in [0.05, 0.1) is 0 Å². The molecule has 4 rings (SSSR count). The number of benzene rings is 1. The van der Waals surface area contributed by atoms with Crippen molar-refractivity contribution in [2.45, 2.75) is 33.1 Å². The summed E-state index contributed by atoms with van der Waals surface area (Å²) < 4.78 is 0. The second kappa shape index (κ2) is 8.17. The zero-order chi connectivity index (χ0) is 19.5. The van der Waals surface area contributed by atoms with Crippen LogP contribution < -0.4 is 9.80 Å². The minimum Gasteiger partial charge on any atom is -0.368 e. The number of hydrogen-bond donors (Lipinski definition) is 0. The summed E-state index contributed by atoms with van der Waals surface area (Å²) in [6.07, 6.45) is 3.69. The fraction of sp³-hybridized carbons (Fsp3) is 0.500. The average molecular weight is 380 g/mol. The summed E-state index contributed by atoms with van der Waals surface area (Å²) >= 11 is 0. The average Bonchev–Trinajstić information content (AvgIpc) is 2.76. The first-order valence-electron chi connectivity index (χ1n) is 10.3. The van der Waals surface area contributed by atoms with Crippen molar-refractivity contribution in [1.82, 2.24) is 15.1 Å². The van der Waals surface area contributed by atoms with Crippen molar-refractivity contribution >= 4 is 17.4 Å². The predicted octanol–water partition coefficient (Wildman–Crippen LogP) is 3.05. The lowest BCUT2D eigenvalue weighted by molar-refractivity contribution is 0.0739. The topological polar surface area (TPSA) is 52.6 Å². The van der Waals surface area contributed by atoms with Crippen LogP contribution in [0.4, 0.5) is 11.5 Å². The highest BCUT2D eigenvalue weighted by molar-refractivity contribution is 5.92. The molecular formula is C22H29N5O. The molecule has 0 bridgehead atoms. The molecule has 0 spiro atoms. The minimum atomic E-state index is -0.0155. The number of carbonyl (C=O) groups excluding carboxylic acids is 1. The normalized spacial score (nSPS) is 17.7. The van der Waals surface area contributed by atoms with Crippen LogP contribution in [0.1, 0.15) is 40.9 Å². The van der Waals surface area contributed by atoms with Crippen LogP contribution in [0.25, 0.3) is 0 Å². The van der Waals surface area contributed by atoms with E-state index >= 15 is 0 Å². The Morgan fingerprint density at radius 3 is 2.25 bits per heavy atom. The highest BCUT2D eigenvalue weighted by Crippen LogP contribution is 2.24. The van der Waals surface area contributed by atoms with Gasteiger partial charge in [0.15, 0.2) is 11.5 Å². The van der Waals surface area contributed by atoms with Crippen molar-refractivity contribution in [2.24, 2.45) is 0 Å². The van der Waals surface area contributed by atoms with Gasteiger partial charge in [-0.2, -0.15) is 0 Å². The van der Waals surface area contributed by atoms with Crippen LogP contribution in [0.2, 0.25) is 0 Å². The summed E-state index contributed by atoms with van der Waals surface area (Å²) in [5.41, 5.74) is 4.35. The number of piperazine rings is 1. The Balaban J connectivity index is 1.38. The SMILES string of the molecule is Cc1cccc(N2CCN(C(=O)c3ccc(N4CCCCC4)nn3)CC2)c1C. The lowest BCUT2D eigenvalue weighted by atomic mass is 10.1. The van der Waals surface area contributed by atoms with Crippen LogP contribution in [-0.4, -0.2) is 60.3 Å². The van der Waals surface area contributed by atoms with E-state index in [0.29, 0.717) is 18.8 Å². The Bertz CT molecular complexity index is 821. The first-order chi connectivity index (χ1) is 13.6. The lowest BCUT2D eigenvalue weighted by Crippen LogP contribution is -2.49. The van der Waals surface area contributed by atoms with Crippen LogP contribution >= 0.6 is 0 Å². The van der Waals surface area contributed by atoms with Crippen molar-refractivity contribution in [2.75, 3.05) is 49.1 Å². The van der Waals surface area contributed by atoms with E-state index in [4.69, 9.17) is 0 Å². The summed E-state index contributed by atoms with van der Waals surface area (Å²) in [6, 6.07) is 10.2. The maximum atomic E-state index is 12.8. The zero-order valence-electron chi connectivity index (χ0n) is 16.9. The van der Waals surface area contributed by atoms with Gasteiger partial charge in [0.1, 0.15) is 0 Å². The minimum absolute atomic E-state index is 0.0155. The van der Waals surface area contributed by atoms with E-state index in [0.717, 1.165) is 32.0 Å². The predicted molar refractivity (Wildman–Crippen MR) is 112 cm³/mol. The Labute approximate surface area is 167 Å². The fourth-order valence-electron chi connectivity index (χ4n) is 4.12. The summed E-state index contributed by atoms with van der Waals surface area (Å²) in [6.45, 7) is 9.48. The van der Waals surface area contributed by atoms with E-state index in [1.807, 2.05) is 17.0 Å². The van der Waals surface area contributed by atoms with Gasteiger partial charge in [-0.05, 0) is 62.4 Å². The summed E-state index contributed by atoms with van der Waals surface area (Å²) in [5.74, 6) is 0.870. The van der Waals surface area contributed by atoms with Gasteiger partial charge >= 0.3 is 0 Å². The van der Waals surface area contributed by atoms with Gasteiger partial charge in [0, 0.05) is 45.0 Å². The Morgan fingerprint density at radius 2 is 1.57 bits per heavy atom. The van der Waals surface area contributed by atoms with E-state index in [9.17, 15) is 4.79 Å². The van der Waals surface area contributed by atoms with Gasteiger partial charge < -0.3 is 14.7 Å². The van der Waals surface area contributed by atoms with Gasteiger partial charge in [-0.1, -0.05) is 12.1 Å². The van der Waals surface area contributed by atoms with Gasteiger partial charge in [0.25, 0.3) is 5.91 Å². The molecule has 0 N–H and O–H groups in total. The maximum absolute atomic E-state index is 12.8. The molecule has 3 heterocycles. The van der Waals surface area contributed by atoms with E-state index in [2.05, 4.69) is 52.0 Å². The van der Waals surface area contributed by atoms with Crippen LogP contribution in [0.5, 0.6) is 0 Å². The molecule has 6 heteroatoms. The molecule has 0 aliphatic carbocycles. The van der Waals surface area contributed by atoms with E-state index in [1.165, 1.54) is 36.1 Å². The summed E-state index contributed by atoms with van der Waals surface area (Å²) in [4.78, 5) is 19.4. The van der Waals surface area contributed by atoms with Crippen LogP contribution in [0.3, 0.4) is 0 Å². The van der Waals surface area contributed by atoms with Gasteiger partial charge in [0.2, 0.25) is 0 Å². The number of rotatable bonds is 3. The monoisotopic (exact) mass is 379 g/mol. The van der Waals surface area contributed by atoms with E-state index in [1.54, 1.807) is 0 Å². The van der Waals surface area contributed by atoms with Crippen LogP contribution in [0.15, 0.2) is 30.3 Å². The molecule has 0 saturated carbocycles. The molecule has 2 aliphatic heterocycles. The number of hydrogen-bond acceptors (Lipinski definition) is 5. The third kappa shape index (κ3) is 3.81. The van der Waals surface area contributed by atoms with Gasteiger partial charge in [-0.3, -0.25) is 4.79 Å². The Kier molecular flexibility index (Phi) is 5.46. The number of piperidine rings is 1. The molecule has 0 atom stereocenters. The van der Waals surface area contributed by atoms with Crippen molar-refractivity contribution in [3.05, 3.63) is 47.2 Å². The molecule has 28 heavy (non-hydrogen) atoms. The van der Waals surface area contributed by atoms with E-state index in [-0.39, 0.29) is 5.91 Å². The molecule has 0 radical (unpaired) electrons. The number of nitrogens with zero attached hydrogens (tertiary/aromatic N) is 5. The van der Waals surface area contributed by atoms with Gasteiger partial charge in [-0.15, -0.1) is 10.2 Å². The number of aromatic nitrogens is 2. The second-order valence-electron chi connectivity index (χ2n) is 7.82. The van der Waals surface area contributed by atoms with Gasteiger partial charge in [-0.25, -0.2) is 0 Å². The van der Waals surface area contributed by atoms with Crippen LogP contribution in [0, 0.1) is 13.8 Å². The molecule has 1 amide bonds. The van der Waals surface area contributed by atoms with Crippen molar-refractivity contribution < 1.29 is 4.79 Å². The molecule has 1 aromatic heterocycles. The Morgan fingerprint density at radius 1 is 0.821 bits per heavy atom. The molecule has 2 aromatic rings. The molecule has 2 fully saturated rings. The van der Waals surface area contributed by atoms with Crippen molar-refractivity contribution in [1.29, 1.82) is 0 Å². The zero-order valence-corrected chi connectivity index (χ0v) is 16.9. The summed E-state index contributed by atoms with van der Waals surface area (Å²) in [5, 5.41) is 8.56. The third-order valence-corrected chi connectivity index (χ3v) is 6.03. The van der Waals surface area contributed by atoms with E-state index < -0.39 is 0 Å². The Hall–Kier alpha value is -2.63. The highest BCUT2D eigenvalue weighted by Gasteiger charge is 2.24. The number of aryl methyl sites for hydroxylation is 1. The smallest absolute Gasteiger partial charge is 0.274 e. The largest absolute Gasteiger partial charge is 0.368 e. The first kappa shape index (κ1) is 18.7. The van der Waals surface area contributed by atoms with Crippen LogP contribution in [-0.2, 0) is 0 Å². The fourth-order valence-corrected chi connectivity index (χ4v) is 4.12. The molecule has 2 aliphatic rings. The number of carbonyl (C=O) groups is 1. The summed E-state index contributed by atoms with van der Waals surface area (Å²) in [7, 11) is 0. The molecule has 1 aromatic carbocycles. The second-order valence-corrected chi connectivity index (χ2v) is 7.82. The quantitative estimate of drug-likeness (QED) is 0.820. The molecule has 0 unspecified atom stereocenters.